The second kappa shape index (κ2) is 3.63. The van der Waals surface area contributed by atoms with Gasteiger partial charge in [0.2, 0.25) is 0 Å². The summed E-state index contributed by atoms with van der Waals surface area (Å²) in [5.41, 5.74) is 0. The van der Waals surface area contributed by atoms with Crippen LogP contribution in [0.4, 0.5) is 0 Å². The first-order valence-electron chi connectivity index (χ1n) is 1.41. The fourth-order valence-corrected chi connectivity index (χ4v) is 0.179. The Kier molecular flexibility index (Phi) is 3.91. The summed E-state index contributed by atoms with van der Waals surface area (Å²) >= 11 is 6.17. The van der Waals surface area contributed by atoms with Crippen LogP contribution in [0.2, 0.25) is 0 Å². The third kappa shape index (κ3) is 2.67. The zero-order valence-corrected chi connectivity index (χ0v) is 6.16. The molecule has 0 aliphatic rings. The van der Waals surface area contributed by atoms with E-state index >= 15 is 0 Å². The van der Waals surface area contributed by atoms with Crippen molar-refractivity contribution in [3.8, 4) is 6.07 Å². The number of rotatable bonds is 1. The van der Waals surface area contributed by atoms with Crippen molar-refractivity contribution >= 4 is 31.9 Å². The molecule has 0 spiro atoms. The molecule has 0 amide bonds. The molecule has 0 saturated carbocycles. The Morgan fingerprint density at radius 1 is 1.83 bits per heavy atom. The van der Waals surface area contributed by atoms with E-state index in [1.165, 1.54) is 0 Å². The third-order valence-electron chi connectivity index (χ3n) is 0.276. The van der Waals surface area contributed by atoms with Gasteiger partial charge in [0.25, 0.3) is 0 Å². The van der Waals surface area contributed by atoms with Gasteiger partial charge in [0.1, 0.15) is 4.83 Å². The fraction of sp³-hybridized carbons (Fsp3) is 0.667. The summed E-state index contributed by atoms with van der Waals surface area (Å²) in [6.45, 7) is 0. The second-order valence-electron chi connectivity index (χ2n) is 0.751. The molecule has 0 fully saturated rings. The van der Waals surface area contributed by atoms with E-state index in [-0.39, 0.29) is 4.83 Å². The van der Waals surface area contributed by atoms with Crippen molar-refractivity contribution in [2.24, 2.45) is 0 Å². The summed E-state index contributed by atoms with van der Waals surface area (Å²) in [4.78, 5) is -0.0301. The first-order valence-corrected chi connectivity index (χ1v) is 3.44. The predicted molar refractivity (Wildman–Crippen MR) is 32.1 cm³/mol. The normalized spacial score (nSPS) is 12.8. The Bertz CT molecular complexity index is 65.7. The highest BCUT2D eigenvalue weighted by Gasteiger charge is 1.92. The van der Waals surface area contributed by atoms with E-state index in [1.807, 2.05) is 6.07 Å². The lowest BCUT2D eigenvalue weighted by atomic mass is 10.6. The average molecular weight is 213 g/mol. The van der Waals surface area contributed by atoms with Gasteiger partial charge in [0.05, 0.1) is 6.07 Å². The highest BCUT2D eigenvalue weighted by molar-refractivity contribution is 9.12. The van der Waals surface area contributed by atoms with Crippen LogP contribution in [0.15, 0.2) is 0 Å². The molecule has 0 rings (SSSR count). The van der Waals surface area contributed by atoms with Gasteiger partial charge in [-0.15, -0.1) is 0 Å². The number of hydrogen-bond acceptors (Lipinski definition) is 1. The van der Waals surface area contributed by atoms with Crippen LogP contribution in [0.3, 0.4) is 0 Å². The van der Waals surface area contributed by atoms with Crippen molar-refractivity contribution in [1.29, 1.82) is 5.26 Å². The van der Waals surface area contributed by atoms with Gasteiger partial charge in [-0.3, -0.25) is 0 Å². The zero-order chi connectivity index (χ0) is 4.99. The smallest absolute Gasteiger partial charge is 0.111 e. The van der Waals surface area contributed by atoms with E-state index in [9.17, 15) is 0 Å². The van der Waals surface area contributed by atoms with Crippen LogP contribution in [0.25, 0.3) is 0 Å². The lowest BCUT2D eigenvalue weighted by Gasteiger charge is -1.83. The maximum absolute atomic E-state index is 8.01. The van der Waals surface area contributed by atoms with E-state index in [4.69, 9.17) is 5.26 Å². The minimum atomic E-state index is -0.0301. The van der Waals surface area contributed by atoms with Crippen LogP contribution in [-0.2, 0) is 0 Å². The molecule has 0 N–H and O–H groups in total. The molecule has 0 aromatic heterocycles. The van der Waals surface area contributed by atoms with Crippen molar-refractivity contribution in [2.75, 3.05) is 5.33 Å². The molecule has 1 atom stereocenters. The van der Waals surface area contributed by atoms with E-state index < -0.39 is 0 Å². The molecule has 0 unspecified atom stereocenters. The van der Waals surface area contributed by atoms with Gasteiger partial charge in [0, 0.05) is 5.33 Å². The maximum atomic E-state index is 8.01. The summed E-state index contributed by atoms with van der Waals surface area (Å²) in [6, 6.07) is 1.98. The van der Waals surface area contributed by atoms with Crippen molar-refractivity contribution in [1.82, 2.24) is 0 Å². The number of nitrogens with zero attached hydrogens (tertiary/aromatic N) is 1. The second-order valence-corrected chi connectivity index (χ2v) is 2.50. The Morgan fingerprint density at radius 3 is 2.33 bits per heavy atom. The SMILES string of the molecule is N#C[C@@H](Br)CBr. The minimum absolute atomic E-state index is 0.0301. The highest BCUT2D eigenvalue weighted by atomic mass is 79.9. The molecule has 0 aromatic rings. The summed E-state index contributed by atoms with van der Waals surface area (Å²) in [7, 11) is 0. The van der Waals surface area contributed by atoms with Crippen LogP contribution >= 0.6 is 31.9 Å². The quantitative estimate of drug-likeness (QED) is 0.607. The standard InChI is InChI=1S/C3H3Br2N/c4-1-3(5)2-6/h3H,1H2/t3-/m0/s1. The zero-order valence-electron chi connectivity index (χ0n) is 2.99. The van der Waals surface area contributed by atoms with E-state index in [1.54, 1.807) is 0 Å². The molecule has 34 valence electrons. The van der Waals surface area contributed by atoms with Crippen LogP contribution in [0.5, 0.6) is 0 Å². The van der Waals surface area contributed by atoms with Gasteiger partial charge < -0.3 is 0 Å². The Morgan fingerprint density at radius 2 is 2.33 bits per heavy atom. The molecule has 0 aliphatic heterocycles. The first-order chi connectivity index (χ1) is 2.81. The Labute approximate surface area is 53.6 Å². The molecule has 0 heterocycles. The summed E-state index contributed by atoms with van der Waals surface area (Å²) in [5.74, 6) is 0. The molecular weight excluding hydrogens is 210 g/mol. The monoisotopic (exact) mass is 211 g/mol. The highest BCUT2D eigenvalue weighted by Crippen LogP contribution is 1.99. The maximum Gasteiger partial charge on any atom is 0.111 e. The number of halogens is 2. The van der Waals surface area contributed by atoms with Gasteiger partial charge in [-0.1, -0.05) is 31.9 Å². The molecule has 3 heteroatoms. The van der Waals surface area contributed by atoms with Gasteiger partial charge in [-0.25, -0.2) is 0 Å². The molecule has 6 heavy (non-hydrogen) atoms. The summed E-state index contributed by atoms with van der Waals surface area (Å²) in [5, 5.41) is 8.71. The van der Waals surface area contributed by atoms with E-state index in [0.29, 0.717) is 5.33 Å². The molecule has 0 saturated heterocycles. The van der Waals surface area contributed by atoms with Crippen molar-refractivity contribution < 1.29 is 0 Å². The molecule has 0 bridgehead atoms. The van der Waals surface area contributed by atoms with E-state index in [2.05, 4.69) is 31.9 Å². The largest absolute Gasteiger partial charge is 0.197 e. The van der Waals surface area contributed by atoms with Gasteiger partial charge in [-0.05, 0) is 0 Å². The van der Waals surface area contributed by atoms with Gasteiger partial charge in [-0.2, -0.15) is 5.26 Å². The molecule has 1 nitrogen and oxygen atoms in total. The Balaban J connectivity index is 3.04. The van der Waals surface area contributed by atoms with Crippen molar-refractivity contribution in [2.45, 2.75) is 4.83 Å². The Hall–Kier alpha value is 0.450. The van der Waals surface area contributed by atoms with Crippen LogP contribution in [0, 0.1) is 11.3 Å². The summed E-state index contributed by atoms with van der Waals surface area (Å²) < 4.78 is 0. The van der Waals surface area contributed by atoms with Crippen LogP contribution in [0.1, 0.15) is 0 Å². The van der Waals surface area contributed by atoms with E-state index in [0.717, 1.165) is 0 Å². The average Bonchev–Trinajstić information content (AvgIpc) is 1.65. The summed E-state index contributed by atoms with van der Waals surface area (Å²) in [6.07, 6.45) is 0. The third-order valence-corrected chi connectivity index (χ3v) is 2.32. The number of hydrogen-bond donors (Lipinski definition) is 0. The first kappa shape index (κ1) is 6.45. The molecular formula is C3H3Br2N. The van der Waals surface area contributed by atoms with Gasteiger partial charge in [0.15, 0.2) is 0 Å². The number of nitriles is 1. The van der Waals surface area contributed by atoms with Crippen molar-refractivity contribution in [3.63, 3.8) is 0 Å². The predicted octanol–water partition coefficient (Wildman–Crippen LogP) is 1.67. The molecule has 0 aromatic carbocycles. The van der Waals surface area contributed by atoms with Crippen LogP contribution in [-0.4, -0.2) is 10.2 Å². The topological polar surface area (TPSA) is 23.8 Å². The lowest BCUT2D eigenvalue weighted by molar-refractivity contribution is 1.30. The van der Waals surface area contributed by atoms with Crippen molar-refractivity contribution in [3.05, 3.63) is 0 Å². The fourth-order valence-electron chi connectivity index (χ4n) is 0.0345. The minimum Gasteiger partial charge on any atom is -0.197 e. The molecule has 0 radical (unpaired) electrons. The van der Waals surface area contributed by atoms with Crippen LogP contribution < -0.4 is 0 Å². The van der Waals surface area contributed by atoms with Gasteiger partial charge >= 0.3 is 0 Å². The molecule has 0 aliphatic carbocycles. The lowest BCUT2D eigenvalue weighted by Crippen LogP contribution is -1.90. The number of alkyl halides is 2.